The zero-order chi connectivity index (χ0) is 10.1. The number of ketones is 1. The van der Waals surface area contributed by atoms with E-state index in [1.165, 1.54) is 0 Å². The summed E-state index contributed by atoms with van der Waals surface area (Å²) in [4.78, 5) is 23.4. The normalized spacial score (nSPS) is 13.9. The minimum atomic E-state index is 0.0670. The predicted molar refractivity (Wildman–Crippen MR) is 51.8 cm³/mol. The summed E-state index contributed by atoms with van der Waals surface area (Å²) in [7, 11) is 0. The van der Waals surface area contributed by atoms with Gasteiger partial charge < -0.3 is 4.90 Å². The van der Waals surface area contributed by atoms with E-state index >= 15 is 0 Å². The highest BCUT2D eigenvalue weighted by Crippen LogP contribution is 2.22. The van der Waals surface area contributed by atoms with Gasteiger partial charge in [-0.3, -0.25) is 9.59 Å². The Morgan fingerprint density at radius 1 is 1.36 bits per heavy atom. The predicted octanol–water partition coefficient (Wildman–Crippen LogP) is 1.36. The summed E-state index contributed by atoms with van der Waals surface area (Å²) < 4.78 is 0. The van der Waals surface area contributed by atoms with Gasteiger partial charge in [0.05, 0.1) is 0 Å². The topological polar surface area (TPSA) is 37.4 Å². The van der Waals surface area contributed by atoms with Crippen molar-refractivity contribution in [2.24, 2.45) is 0 Å². The highest BCUT2D eigenvalue weighted by Gasteiger charge is 2.17. The molecule has 0 radical (unpaired) electrons. The average molecular weight is 189 g/mol. The van der Waals surface area contributed by atoms with Gasteiger partial charge in [0.2, 0.25) is 6.41 Å². The highest BCUT2D eigenvalue weighted by atomic mass is 16.1. The van der Waals surface area contributed by atoms with Crippen LogP contribution in [0.25, 0.3) is 0 Å². The van der Waals surface area contributed by atoms with Crippen molar-refractivity contribution in [1.29, 1.82) is 0 Å². The minimum Gasteiger partial charge on any atom is -0.337 e. The maximum atomic E-state index is 11.1. The van der Waals surface area contributed by atoms with Crippen LogP contribution in [-0.4, -0.2) is 17.1 Å². The molecule has 3 nitrogen and oxygen atoms in total. The van der Waals surface area contributed by atoms with Crippen LogP contribution < -0.4 is 0 Å². The lowest BCUT2D eigenvalue weighted by Gasteiger charge is -2.04. The van der Waals surface area contributed by atoms with E-state index in [1.807, 2.05) is 18.2 Å². The fourth-order valence-corrected chi connectivity index (χ4v) is 1.71. The smallest absolute Gasteiger partial charge is 0.210 e. The molecule has 0 fully saturated rings. The molecule has 1 aliphatic heterocycles. The zero-order valence-electron chi connectivity index (χ0n) is 7.99. The lowest BCUT2D eigenvalue weighted by Crippen LogP contribution is -2.12. The summed E-state index contributed by atoms with van der Waals surface area (Å²) in [6, 6.07) is 5.62. The molecule has 0 bridgehead atoms. The van der Waals surface area contributed by atoms with Gasteiger partial charge in [-0.1, -0.05) is 12.1 Å². The van der Waals surface area contributed by atoms with E-state index in [0.29, 0.717) is 13.1 Å². The number of carbonyl (C=O) groups excluding carboxylic acids is 2. The Bertz CT molecular complexity index is 398. The second-order valence-corrected chi connectivity index (χ2v) is 3.55. The molecule has 0 saturated carbocycles. The molecule has 72 valence electrons. The van der Waals surface area contributed by atoms with Crippen LogP contribution in [0.1, 0.15) is 28.4 Å². The monoisotopic (exact) mass is 189 g/mol. The van der Waals surface area contributed by atoms with Crippen LogP contribution in [0.3, 0.4) is 0 Å². The summed E-state index contributed by atoms with van der Waals surface area (Å²) in [5.74, 6) is 0.0670. The SMILES string of the molecule is CC(=O)c1ccc2c(c1)CN(C=O)C2. The molecule has 0 aromatic heterocycles. The third-order valence-electron chi connectivity index (χ3n) is 2.51. The number of fused-ring (bicyclic) bond motifs is 1. The Labute approximate surface area is 82.3 Å². The first-order valence-electron chi connectivity index (χ1n) is 4.53. The first-order valence-corrected chi connectivity index (χ1v) is 4.53. The van der Waals surface area contributed by atoms with E-state index in [2.05, 4.69) is 0 Å². The van der Waals surface area contributed by atoms with Crippen molar-refractivity contribution in [3.05, 3.63) is 34.9 Å². The van der Waals surface area contributed by atoms with Crippen molar-refractivity contribution in [3.63, 3.8) is 0 Å². The fourth-order valence-electron chi connectivity index (χ4n) is 1.71. The van der Waals surface area contributed by atoms with Crippen LogP contribution in [0.15, 0.2) is 18.2 Å². The summed E-state index contributed by atoms with van der Waals surface area (Å²) in [6.07, 6.45) is 0.841. The number of benzene rings is 1. The largest absolute Gasteiger partial charge is 0.337 e. The van der Waals surface area contributed by atoms with Gasteiger partial charge in [-0.2, -0.15) is 0 Å². The molecule has 3 heteroatoms. The molecule has 1 heterocycles. The van der Waals surface area contributed by atoms with E-state index in [1.54, 1.807) is 11.8 Å². The van der Waals surface area contributed by atoms with Gasteiger partial charge in [-0.25, -0.2) is 0 Å². The molecule has 0 spiro atoms. The molecule has 0 atom stereocenters. The quantitative estimate of drug-likeness (QED) is 0.520. The summed E-state index contributed by atoms with van der Waals surface area (Å²) >= 11 is 0. The molecule has 1 aromatic rings. The molecule has 1 aromatic carbocycles. The lowest BCUT2D eigenvalue weighted by atomic mass is 10.0. The van der Waals surface area contributed by atoms with Gasteiger partial charge in [0.1, 0.15) is 0 Å². The Hall–Kier alpha value is -1.64. The van der Waals surface area contributed by atoms with E-state index in [4.69, 9.17) is 0 Å². The Balaban J connectivity index is 2.35. The number of Topliss-reactive ketones (excluding diaryl/α,β-unsaturated/α-hetero) is 1. The molecule has 0 N–H and O–H groups in total. The lowest BCUT2D eigenvalue weighted by molar-refractivity contribution is -0.118. The number of hydrogen-bond acceptors (Lipinski definition) is 2. The van der Waals surface area contributed by atoms with Crippen molar-refractivity contribution < 1.29 is 9.59 Å². The Morgan fingerprint density at radius 3 is 2.71 bits per heavy atom. The van der Waals surface area contributed by atoms with Crippen LogP contribution in [-0.2, 0) is 17.9 Å². The Kier molecular flexibility index (Phi) is 2.08. The zero-order valence-corrected chi connectivity index (χ0v) is 7.99. The van der Waals surface area contributed by atoms with E-state index in [-0.39, 0.29) is 5.78 Å². The maximum absolute atomic E-state index is 11.1. The van der Waals surface area contributed by atoms with E-state index < -0.39 is 0 Å². The van der Waals surface area contributed by atoms with Gasteiger partial charge >= 0.3 is 0 Å². The first kappa shape index (κ1) is 8.94. The third kappa shape index (κ3) is 1.41. The van der Waals surface area contributed by atoms with Crippen molar-refractivity contribution in [2.75, 3.05) is 0 Å². The first-order chi connectivity index (χ1) is 6.70. The number of rotatable bonds is 2. The van der Waals surface area contributed by atoms with Gasteiger partial charge in [0.25, 0.3) is 0 Å². The molecule has 14 heavy (non-hydrogen) atoms. The van der Waals surface area contributed by atoms with Crippen LogP contribution >= 0.6 is 0 Å². The number of carbonyl (C=O) groups is 2. The summed E-state index contributed by atoms with van der Waals surface area (Å²) in [6.45, 7) is 2.84. The number of hydrogen-bond donors (Lipinski definition) is 0. The summed E-state index contributed by atoms with van der Waals surface area (Å²) in [5, 5.41) is 0. The van der Waals surface area contributed by atoms with Crippen LogP contribution in [0.4, 0.5) is 0 Å². The van der Waals surface area contributed by atoms with E-state index in [9.17, 15) is 9.59 Å². The second-order valence-electron chi connectivity index (χ2n) is 3.55. The number of nitrogens with zero attached hydrogens (tertiary/aromatic N) is 1. The molecule has 1 aliphatic rings. The van der Waals surface area contributed by atoms with Crippen molar-refractivity contribution in [2.45, 2.75) is 20.0 Å². The minimum absolute atomic E-state index is 0.0670. The third-order valence-corrected chi connectivity index (χ3v) is 2.51. The van der Waals surface area contributed by atoms with Crippen LogP contribution in [0, 0.1) is 0 Å². The Morgan fingerprint density at radius 2 is 2.07 bits per heavy atom. The standard InChI is InChI=1S/C11H11NO2/c1-8(14)9-2-3-10-5-12(7-13)6-11(10)4-9/h2-4,7H,5-6H2,1H3. The van der Waals surface area contributed by atoms with Crippen molar-refractivity contribution in [3.8, 4) is 0 Å². The second kappa shape index (κ2) is 3.25. The number of amides is 1. The van der Waals surface area contributed by atoms with Crippen LogP contribution in [0.5, 0.6) is 0 Å². The van der Waals surface area contributed by atoms with Gasteiger partial charge in [-0.15, -0.1) is 0 Å². The maximum Gasteiger partial charge on any atom is 0.210 e. The molecule has 1 amide bonds. The molecular weight excluding hydrogens is 178 g/mol. The fraction of sp³-hybridized carbons (Fsp3) is 0.273. The van der Waals surface area contributed by atoms with Crippen molar-refractivity contribution >= 4 is 12.2 Å². The molecule has 0 aliphatic carbocycles. The summed E-state index contributed by atoms with van der Waals surface area (Å²) in [5.41, 5.74) is 2.95. The molecule has 0 saturated heterocycles. The average Bonchev–Trinajstić information content (AvgIpc) is 2.58. The van der Waals surface area contributed by atoms with Crippen LogP contribution in [0.2, 0.25) is 0 Å². The van der Waals surface area contributed by atoms with Gasteiger partial charge in [0, 0.05) is 18.7 Å². The molecule has 0 unspecified atom stereocenters. The molecular formula is C11H11NO2. The van der Waals surface area contributed by atoms with Gasteiger partial charge in [-0.05, 0) is 24.1 Å². The molecule has 2 rings (SSSR count). The van der Waals surface area contributed by atoms with E-state index in [0.717, 1.165) is 23.1 Å². The highest BCUT2D eigenvalue weighted by molar-refractivity contribution is 5.94. The van der Waals surface area contributed by atoms with Crippen molar-refractivity contribution in [1.82, 2.24) is 4.90 Å². The van der Waals surface area contributed by atoms with Gasteiger partial charge in [0.15, 0.2) is 5.78 Å².